The molecule has 126 valence electrons. The highest BCUT2D eigenvalue weighted by Crippen LogP contribution is 2.16. The lowest BCUT2D eigenvalue weighted by Gasteiger charge is -2.18. The summed E-state index contributed by atoms with van der Waals surface area (Å²) >= 11 is 0. The molecule has 2 aromatic carbocycles. The minimum absolute atomic E-state index is 0.225. The average Bonchev–Trinajstić information content (AvgIpc) is 2.58. The van der Waals surface area contributed by atoms with Gasteiger partial charge in [-0.25, -0.2) is 0 Å². The second-order valence-corrected chi connectivity index (χ2v) is 5.39. The van der Waals surface area contributed by atoms with Gasteiger partial charge >= 0.3 is 0 Å². The first-order chi connectivity index (χ1) is 11.5. The van der Waals surface area contributed by atoms with Crippen LogP contribution in [-0.2, 0) is 20.8 Å². The molecule has 6 N–H and O–H groups in total. The van der Waals surface area contributed by atoms with Gasteiger partial charge in [0.25, 0.3) is 0 Å². The molecule has 0 aliphatic heterocycles. The van der Waals surface area contributed by atoms with Gasteiger partial charge in [-0.3, -0.25) is 14.4 Å². The third-order valence-corrected chi connectivity index (χ3v) is 3.53. The van der Waals surface area contributed by atoms with Crippen LogP contribution in [0.15, 0.2) is 42.5 Å². The van der Waals surface area contributed by atoms with Gasteiger partial charge in [0.1, 0.15) is 6.04 Å². The number of amides is 3. The summed E-state index contributed by atoms with van der Waals surface area (Å²) in [6, 6.07) is 12.8. The van der Waals surface area contributed by atoms with Crippen LogP contribution in [-0.4, -0.2) is 36.9 Å². The Morgan fingerprint density at radius 3 is 2.42 bits per heavy atom. The molecular weight excluding hydrogens is 308 g/mol. The minimum Gasteiger partial charge on any atom is -0.368 e. The first-order valence-corrected chi connectivity index (χ1v) is 7.52. The third-order valence-electron chi connectivity index (χ3n) is 3.53. The van der Waals surface area contributed by atoms with Gasteiger partial charge in [-0.2, -0.15) is 0 Å². The Kier molecular flexibility index (Phi) is 5.86. The summed E-state index contributed by atoms with van der Waals surface area (Å²) in [6.45, 7) is -0.511. The van der Waals surface area contributed by atoms with Crippen molar-refractivity contribution in [2.45, 2.75) is 12.5 Å². The van der Waals surface area contributed by atoms with Crippen molar-refractivity contribution in [3.8, 4) is 0 Å². The predicted octanol–water partition coefficient (Wildman–Crippen LogP) is -0.573. The van der Waals surface area contributed by atoms with Crippen molar-refractivity contribution in [3.05, 3.63) is 48.0 Å². The van der Waals surface area contributed by atoms with E-state index in [2.05, 4.69) is 10.6 Å². The number of carbonyl (C=O) groups is 3. The van der Waals surface area contributed by atoms with Crippen LogP contribution in [0.25, 0.3) is 10.8 Å². The zero-order valence-corrected chi connectivity index (χ0v) is 13.1. The Morgan fingerprint density at radius 2 is 1.75 bits per heavy atom. The van der Waals surface area contributed by atoms with Gasteiger partial charge in [0, 0.05) is 6.42 Å². The SMILES string of the molecule is NCC(=O)NC(Cc1ccc2ccccc2c1)C(=O)NCC(N)=O. The van der Waals surface area contributed by atoms with E-state index in [9.17, 15) is 14.4 Å². The van der Waals surface area contributed by atoms with Crippen LogP contribution < -0.4 is 22.1 Å². The number of rotatable bonds is 7. The van der Waals surface area contributed by atoms with Gasteiger partial charge in [0.2, 0.25) is 17.7 Å². The first kappa shape index (κ1) is 17.4. The summed E-state index contributed by atoms with van der Waals surface area (Å²) in [5.41, 5.74) is 11.2. The van der Waals surface area contributed by atoms with Crippen LogP contribution in [0.3, 0.4) is 0 Å². The van der Waals surface area contributed by atoms with E-state index in [1.807, 2.05) is 42.5 Å². The van der Waals surface area contributed by atoms with Crippen molar-refractivity contribution < 1.29 is 14.4 Å². The Bertz CT molecular complexity index is 760. The largest absolute Gasteiger partial charge is 0.368 e. The Hall–Kier alpha value is -2.93. The van der Waals surface area contributed by atoms with E-state index in [0.717, 1.165) is 16.3 Å². The fraction of sp³-hybridized carbons (Fsp3) is 0.235. The molecule has 0 fully saturated rings. The van der Waals surface area contributed by atoms with Crippen LogP contribution in [0.1, 0.15) is 5.56 Å². The number of benzene rings is 2. The fourth-order valence-electron chi connectivity index (χ4n) is 2.36. The van der Waals surface area contributed by atoms with E-state index in [0.29, 0.717) is 0 Å². The monoisotopic (exact) mass is 328 g/mol. The lowest BCUT2D eigenvalue weighted by Crippen LogP contribution is -2.50. The quantitative estimate of drug-likeness (QED) is 0.542. The zero-order valence-electron chi connectivity index (χ0n) is 13.1. The first-order valence-electron chi connectivity index (χ1n) is 7.52. The molecule has 7 heteroatoms. The molecule has 0 spiro atoms. The molecule has 1 unspecified atom stereocenters. The summed E-state index contributed by atoms with van der Waals surface area (Å²) in [5, 5.41) is 7.08. The van der Waals surface area contributed by atoms with E-state index < -0.39 is 23.8 Å². The van der Waals surface area contributed by atoms with E-state index in [1.54, 1.807) is 0 Å². The van der Waals surface area contributed by atoms with Crippen molar-refractivity contribution in [2.24, 2.45) is 11.5 Å². The standard InChI is InChI=1S/C17H20N4O3/c18-9-16(23)21-14(17(24)20-10-15(19)22)8-11-5-6-12-3-1-2-4-13(12)7-11/h1-7,14H,8-10,18H2,(H2,19,22)(H,20,24)(H,21,23). The van der Waals surface area contributed by atoms with Gasteiger partial charge in [0.05, 0.1) is 13.1 Å². The second kappa shape index (κ2) is 8.07. The van der Waals surface area contributed by atoms with Crippen molar-refractivity contribution in [1.29, 1.82) is 0 Å². The summed E-state index contributed by atoms with van der Waals surface area (Å²) in [4.78, 5) is 34.6. The number of hydrogen-bond donors (Lipinski definition) is 4. The number of nitrogens with two attached hydrogens (primary N) is 2. The number of primary amides is 1. The van der Waals surface area contributed by atoms with Gasteiger partial charge in [0.15, 0.2) is 0 Å². The summed E-state index contributed by atoms with van der Waals surface area (Å²) in [6.07, 6.45) is 0.279. The van der Waals surface area contributed by atoms with Crippen molar-refractivity contribution in [1.82, 2.24) is 10.6 Å². The molecular formula is C17H20N4O3. The van der Waals surface area contributed by atoms with Crippen LogP contribution in [0, 0.1) is 0 Å². The topological polar surface area (TPSA) is 127 Å². The van der Waals surface area contributed by atoms with Crippen molar-refractivity contribution in [3.63, 3.8) is 0 Å². The van der Waals surface area contributed by atoms with Gasteiger partial charge < -0.3 is 22.1 Å². The highest BCUT2D eigenvalue weighted by Gasteiger charge is 2.21. The Labute approximate surface area is 139 Å². The second-order valence-electron chi connectivity index (χ2n) is 5.39. The molecule has 0 aliphatic carbocycles. The zero-order chi connectivity index (χ0) is 17.5. The molecule has 24 heavy (non-hydrogen) atoms. The van der Waals surface area contributed by atoms with Crippen molar-refractivity contribution >= 4 is 28.5 Å². The smallest absolute Gasteiger partial charge is 0.243 e. The lowest BCUT2D eigenvalue weighted by molar-refractivity contribution is -0.129. The molecule has 0 aliphatic rings. The normalized spacial score (nSPS) is 11.7. The maximum Gasteiger partial charge on any atom is 0.243 e. The van der Waals surface area contributed by atoms with Crippen molar-refractivity contribution in [2.75, 3.05) is 13.1 Å². The van der Waals surface area contributed by atoms with Gasteiger partial charge in [-0.15, -0.1) is 0 Å². The minimum atomic E-state index is -0.832. The number of carbonyl (C=O) groups excluding carboxylic acids is 3. The maximum absolute atomic E-state index is 12.2. The molecule has 2 aromatic rings. The molecule has 7 nitrogen and oxygen atoms in total. The molecule has 0 radical (unpaired) electrons. The van der Waals surface area contributed by atoms with Crippen LogP contribution in [0.4, 0.5) is 0 Å². The molecule has 0 saturated heterocycles. The number of hydrogen-bond acceptors (Lipinski definition) is 4. The summed E-state index contributed by atoms with van der Waals surface area (Å²) < 4.78 is 0. The van der Waals surface area contributed by atoms with E-state index in [1.165, 1.54) is 0 Å². The van der Waals surface area contributed by atoms with E-state index in [4.69, 9.17) is 11.5 Å². The fourth-order valence-corrected chi connectivity index (χ4v) is 2.36. The average molecular weight is 328 g/mol. The lowest BCUT2D eigenvalue weighted by atomic mass is 10.0. The Balaban J connectivity index is 2.16. The Morgan fingerprint density at radius 1 is 1.04 bits per heavy atom. The highest BCUT2D eigenvalue weighted by atomic mass is 16.2. The third kappa shape index (κ3) is 4.79. The van der Waals surface area contributed by atoms with Gasteiger partial charge in [-0.05, 0) is 16.3 Å². The molecule has 1 atom stereocenters. The summed E-state index contributed by atoms with van der Waals surface area (Å²) in [5.74, 6) is -1.59. The molecule has 0 aromatic heterocycles. The molecule has 0 bridgehead atoms. The maximum atomic E-state index is 12.2. The number of nitrogens with one attached hydrogen (secondary N) is 2. The van der Waals surface area contributed by atoms with Crippen LogP contribution in [0.2, 0.25) is 0 Å². The predicted molar refractivity (Wildman–Crippen MR) is 90.8 cm³/mol. The molecule has 0 heterocycles. The van der Waals surface area contributed by atoms with E-state index >= 15 is 0 Å². The summed E-state index contributed by atoms with van der Waals surface area (Å²) in [7, 11) is 0. The van der Waals surface area contributed by atoms with Crippen LogP contribution in [0.5, 0.6) is 0 Å². The molecule has 3 amide bonds. The molecule has 2 rings (SSSR count). The van der Waals surface area contributed by atoms with Crippen LogP contribution >= 0.6 is 0 Å². The molecule has 0 saturated carbocycles. The van der Waals surface area contributed by atoms with Gasteiger partial charge in [-0.1, -0.05) is 42.5 Å². The number of fused-ring (bicyclic) bond motifs is 1. The highest BCUT2D eigenvalue weighted by molar-refractivity contribution is 5.91. The van der Waals surface area contributed by atoms with E-state index in [-0.39, 0.29) is 19.5 Å².